The van der Waals surface area contributed by atoms with E-state index in [1.54, 1.807) is 0 Å². The number of ether oxygens (including phenoxy) is 1. The van der Waals surface area contributed by atoms with Crippen LogP contribution in [0.2, 0.25) is 0 Å². The van der Waals surface area contributed by atoms with Crippen molar-refractivity contribution in [1.82, 2.24) is 20.1 Å². The highest BCUT2D eigenvalue weighted by molar-refractivity contribution is 7.99. The summed E-state index contributed by atoms with van der Waals surface area (Å²) in [6.45, 7) is 3.44. The molecule has 30 heavy (non-hydrogen) atoms. The molecule has 1 N–H and O–H groups in total. The number of hydrogen-bond donors (Lipinski definition) is 1. The van der Waals surface area contributed by atoms with Crippen LogP contribution in [0.15, 0.2) is 59.8 Å². The predicted octanol–water partition coefficient (Wildman–Crippen LogP) is 3.55. The fraction of sp³-hybridized carbons (Fsp3) is 0.348. The molecular formula is C23H26N4O2S. The summed E-state index contributed by atoms with van der Waals surface area (Å²) in [5.74, 6) is 1.14. The van der Waals surface area contributed by atoms with E-state index >= 15 is 0 Å². The number of nitrogens with zero attached hydrogens (tertiary/aromatic N) is 3. The van der Waals surface area contributed by atoms with Crippen molar-refractivity contribution in [1.29, 1.82) is 0 Å². The van der Waals surface area contributed by atoms with Gasteiger partial charge in [0.2, 0.25) is 5.91 Å². The molecule has 1 saturated heterocycles. The van der Waals surface area contributed by atoms with Crippen LogP contribution < -0.4 is 5.32 Å². The van der Waals surface area contributed by atoms with Crippen LogP contribution in [0, 0.1) is 6.92 Å². The van der Waals surface area contributed by atoms with Crippen LogP contribution in [0.1, 0.15) is 29.8 Å². The summed E-state index contributed by atoms with van der Waals surface area (Å²) in [6.07, 6.45) is 2.90. The van der Waals surface area contributed by atoms with Crippen molar-refractivity contribution in [3.05, 3.63) is 71.5 Å². The maximum absolute atomic E-state index is 12.3. The smallest absolute Gasteiger partial charge is 0.230 e. The number of aromatic nitrogens is 3. The van der Waals surface area contributed by atoms with E-state index in [1.165, 1.54) is 17.3 Å². The Balaban J connectivity index is 1.50. The molecule has 0 bridgehead atoms. The molecule has 0 spiro atoms. The molecule has 3 aromatic rings. The van der Waals surface area contributed by atoms with Crippen molar-refractivity contribution < 1.29 is 9.53 Å². The maximum atomic E-state index is 12.3. The van der Waals surface area contributed by atoms with Crippen LogP contribution in [-0.4, -0.2) is 45.7 Å². The zero-order chi connectivity index (χ0) is 20.8. The molecular weight excluding hydrogens is 396 g/mol. The van der Waals surface area contributed by atoms with Gasteiger partial charge in [-0.3, -0.25) is 9.36 Å². The molecule has 1 aliphatic heterocycles. The number of carbonyl (C=O) groups excluding carboxylic acids is 1. The number of carbonyl (C=O) groups is 1. The molecule has 4 rings (SSSR count). The Hall–Kier alpha value is -2.64. The highest BCUT2D eigenvalue weighted by Gasteiger charge is 2.19. The summed E-state index contributed by atoms with van der Waals surface area (Å²) in [5.41, 5.74) is 3.34. The quantitative estimate of drug-likeness (QED) is 0.562. The fourth-order valence-corrected chi connectivity index (χ4v) is 4.35. The van der Waals surface area contributed by atoms with Crippen LogP contribution in [0.3, 0.4) is 0 Å². The number of thioether (sulfide) groups is 1. The number of rotatable bonds is 8. The summed E-state index contributed by atoms with van der Waals surface area (Å²) < 4.78 is 7.64. The molecule has 1 aliphatic rings. The number of amides is 1. The fourth-order valence-electron chi connectivity index (χ4n) is 3.56. The Labute approximate surface area is 181 Å². The van der Waals surface area contributed by atoms with Gasteiger partial charge in [-0.1, -0.05) is 60.3 Å². The summed E-state index contributed by atoms with van der Waals surface area (Å²) in [4.78, 5) is 12.3. The van der Waals surface area contributed by atoms with Gasteiger partial charge in [-0.25, -0.2) is 0 Å². The number of aryl methyl sites for hydroxylation is 1. The van der Waals surface area contributed by atoms with Gasteiger partial charge >= 0.3 is 0 Å². The molecule has 0 saturated carbocycles. The van der Waals surface area contributed by atoms with E-state index in [4.69, 9.17) is 4.74 Å². The van der Waals surface area contributed by atoms with Crippen LogP contribution in [-0.2, 0) is 16.0 Å². The van der Waals surface area contributed by atoms with Crippen molar-refractivity contribution in [3.63, 3.8) is 0 Å². The predicted molar refractivity (Wildman–Crippen MR) is 118 cm³/mol. The number of hydrogen-bond acceptors (Lipinski definition) is 5. The minimum Gasteiger partial charge on any atom is -0.376 e. The Kier molecular flexibility index (Phi) is 6.81. The van der Waals surface area contributed by atoms with Crippen LogP contribution in [0.5, 0.6) is 0 Å². The van der Waals surface area contributed by atoms with E-state index in [0.717, 1.165) is 41.7 Å². The van der Waals surface area contributed by atoms with E-state index in [2.05, 4.69) is 51.3 Å². The molecule has 1 amide bonds. The second-order valence-corrected chi connectivity index (χ2v) is 8.35. The third-order valence-corrected chi connectivity index (χ3v) is 6.07. The van der Waals surface area contributed by atoms with Crippen molar-refractivity contribution in [3.8, 4) is 5.69 Å². The first-order chi connectivity index (χ1) is 14.7. The molecule has 1 fully saturated rings. The van der Waals surface area contributed by atoms with Crippen molar-refractivity contribution in [2.24, 2.45) is 0 Å². The molecule has 156 valence electrons. The minimum atomic E-state index is -0.0144. The Bertz CT molecular complexity index is 984. The molecule has 7 heteroatoms. The number of nitrogens with one attached hydrogen (secondary N) is 1. The molecule has 0 aliphatic carbocycles. The number of para-hydroxylation sites is 1. The summed E-state index contributed by atoms with van der Waals surface area (Å²) in [7, 11) is 0. The minimum absolute atomic E-state index is 0.0144. The van der Waals surface area contributed by atoms with Gasteiger partial charge in [0.15, 0.2) is 5.16 Å². The van der Waals surface area contributed by atoms with Crippen LogP contribution in [0.25, 0.3) is 5.69 Å². The van der Waals surface area contributed by atoms with Gasteiger partial charge in [-0.2, -0.15) is 0 Å². The molecule has 0 radical (unpaired) electrons. The lowest BCUT2D eigenvalue weighted by atomic mass is 10.1. The molecule has 6 nitrogen and oxygen atoms in total. The van der Waals surface area contributed by atoms with Gasteiger partial charge in [-0.15, -0.1) is 10.2 Å². The molecule has 0 unspecified atom stereocenters. The lowest BCUT2D eigenvalue weighted by molar-refractivity contribution is -0.119. The van der Waals surface area contributed by atoms with Crippen LogP contribution >= 0.6 is 11.8 Å². The zero-order valence-corrected chi connectivity index (χ0v) is 17.9. The Morgan fingerprint density at radius 3 is 2.73 bits per heavy atom. The lowest BCUT2D eigenvalue weighted by Crippen LogP contribution is -2.32. The topological polar surface area (TPSA) is 69.0 Å². The first kappa shape index (κ1) is 20.6. The van der Waals surface area contributed by atoms with Crippen molar-refractivity contribution in [2.75, 3.05) is 18.9 Å². The van der Waals surface area contributed by atoms with E-state index in [9.17, 15) is 4.79 Å². The zero-order valence-electron chi connectivity index (χ0n) is 17.1. The number of benzene rings is 2. The average Bonchev–Trinajstić information content (AvgIpc) is 3.42. The van der Waals surface area contributed by atoms with Crippen molar-refractivity contribution >= 4 is 17.7 Å². The monoisotopic (exact) mass is 422 g/mol. The molecule has 1 atom stereocenters. The first-order valence-electron chi connectivity index (χ1n) is 10.3. The second kappa shape index (κ2) is 9.91. The first-order valence-corrected chi connectivity index (χ1v) is 11.2. The van der Waals surface area contributed by atoms with Gasteiger partial charge < -0.3 is 10.1 Å². The largest absolute Gasteiger partial charge is 0.376 e. The van der Waals surface area contributed by atoms with Crippen molar-refractivity contribution in [2.45, 2.75) is 37.4 Å². The highest BCUT2D eigenvalue weighted by Crippen LogP contribution is 2.25. The third kappa shape index (κ3) is 5.09. The summed E-state index contributed by atoms with van der Waals surface area (Å²) in [6, 6.07) is 18.4. The maximum Gasteiger partial charge on any atom is 0.230 e. The van der Waals surface area contributed by atoms with Crippen LogP contribution in [0.4, 0.5) is 0 Å². The van der Waals surface area contributed by atoms with E-state index in [1.807, 2.05) is 30.3 Å². The SMILES string of the molecule is Cc1ccccc1-n1c(Cc2ccccc2)nnc1SCC(=O)NC[C@@H]1CCCO1. The summed E-state index contributed by atoms with van der Waals surface area (Å²) in [5, 5.41) is 12.6. The standard InChI is InChI=1S/C23H26N4O2S/c1-17-8-5-6-12-20(17)27-21(14-18-9-3-2-4-10-18)25-26-23(27)30-16-22(28)24-15-19-11-7-13-29-19/h2-6,8-10,12,19H,7,11,13-16H2,1H3,(H,24,28)/t19-/m0/s1. The second-order valence-electron chi connectivity index (χ2n) is 7.41. The van der Waals surface area contributed by atoms with Gasteiger partial charge in [-0.05, 0) is 37.0 Å². The molecule has 2 heterocycles. The lowest BCUT2D eigenvalue weighted by Gasteiger charge is -2.13. The Morgan fingerprint density at radius 1 is 1.17 bits per heavy atom. The normalized spacial score (nSPS) is 16.0. The Morgan fingerprint density at radius 2 is 1.97 bits per heavy atom. The van der Waals surface area contributed by atoms with Gasteiger partial charge in [0.05, 0.1) is 17.5 Å². The van der Waals surface area contributed by atoms with E-state index in [0.29, 0.717) is 18.7 Å². The third-order valence-electron chi connectivity index (χ3n) is 5.15. The van der Waals surface area contributed by atoms with Gasteiger partial charge in [0, 0.05) is 19.6 Å². The highest BCUT2D eigenvalue weighted by atomic mass is 32.2. The molecule has 1 aromatic heterocycles. The van der Waals surface area contributed by atoms with E-state index in [-0.39, 0.29) is 12.0 Å². The average molecular weight is 423 g/mol. The molecule has 2 aromatic carbocycles. The van der Waals surface area contributed by atoms with Gasteiger partial charge in [0.25, 0.3) is 0 Å². The summed E-state index contributed by atoms with van der Waals surface area (Å²) >= 11 is 1.41. The van der Waals surface area contributed by atoms with Gasteiger partial charge in [0.1, 0.15) is 5.82 Å². The van der Waals surface area contributed by atoms with E-state index < -0.39 is 0 Å².